The van der Waals surface area contributed by atoms with Crippen LogP contribution in [0.15, 0.2) is 48.5 Å². The van der Waals surface area contributed by atoms with Crippen LogP contribution in [0.4, 0.5) is 5.69 Å². The van der Waals surface area contributed by atoms with Crippen molar-refractivity contribution < 1.29 is 19.1 Å². The molecule has 2 aromatic rings. The van der Waals surface area contributed by atoms with Gasteiger partial charge in [-0.1, -0.05) is 42.5 Å². The molecule has 5 heteroatoms. The fourth-order valence-corrected chi connectivity index (χ4v) is 4.05. The number of fused-ring (bicyclic) bond motifs is 1. The molecule has 0 aromatic heterocycles. The zero-order valence-corrected chi connectivity index (χ0v) is 15.5. The number of nitrogens with zero attached hydrogens (tertiary/aromatic N) is 1. The molecular formula is C21H23NO4. The van der Waals surface area contributed by atoms with E-state index in [2.05, 4.69) is 0 Å². The molecule has 0 unspecified atom stereocenters. The molecule has 26 heavy (non-hydrogen) atoms. The van der Waals surface area contributed by atoms with Crippen molar-refractivity contribution >= 4 is 17.6 Å². The van der Waals surface area contributed by atoms with Gasteiger partial charge in [-0.05, 0) is 29.7 Å². The molecule has 5 nitrogen and oxygen atoms in total. The molecule has 0 bridgehead atoms. The Kier molecular flexibility index (Phi) is 4.72. The molecule has 3 rings (SSSR count). The fourth-order valence-electron chi connectivity index (χ4n) is 4.05. The summed E-state index contributed by atoms with van der Waals surface area (Å²) in [5, 5.41) is 0. The fraction of sp³-hybridized carbons (Fsp3) is 0.333. The Morgan fingerprint density at radius 1 is 1.00 bits per heavy atom. The zero-order chi connectivity index (χ0) is 18.9. The molecule has 0 saturated heterocycles. The van der Waals surface area contributed by atoms with E-state index < -0.39 is 23.4 Å². The van der Waals surface area contributed by atoms with Crippen molar-refractivity contribution in [2.75, 3.05) is 26.2 Å². The predicted molar refractivity (Wildman–Crippen MR) is 98.9 cm³/mol. The number of aryl methyl sites for hydroxylation is 1. The van der Waals surface area contributed by atoms with Crippen molar-refractivity contribution in [1.29, 1.82) is 0 Å². The molecule has 1 atom stereocenters. The van der Waals surface area contributed by atoms with Crippen LogP contribution >= 0.6 is 0 Å². The van der Waals surface area contributed by atoms with E-state index in [4.69, 9.17) is 9.47 Å². The number of methoxy groups -OCH3 is 2. The topological polar surface area (TPSA) is 55.8 Å². The van der Waals surface area contributed by atoms with Crippen LogP contribution in [0.1, 0.15) is 22.7 Å². The highest BCUT2D eigenvalue weighted by Crippen LogP contribution is 2.50. The first-order chi connectivity index (χ1) is 12.5. The Morgan fingerprint density at radius 2 is 1.58 bits per heavy atom. The van der Waals surface area contributed by atoms with E-state index in [1.165, 1.54) is 14.2 Å². The van der Waals surface area contributed by atoms with Crippen molar-refractivity contribution in [2.24, 2.45) is 5.41 Å². The number of hydrogen-bond acceptors (Lipinski definition) is 5. The monoisotopic (exact) mass is 353 g/mol. The number of para-hydroxylation sites is 1. The lowest BCUT2D eigenvalue weighted by molar-refractivity contribution is -0.171. The lowest BCUT2D eigenvalue weighted by atomic mass is 9.68. The minimum Gasteiger partial charge on any atom is -0.468 e. The maximum Gasteiger partial charge on any atom is 0.326 e. The smallest absolute Gasteiger partial charge is 0.326 e. The highest BCUT2D eigenvalue weighted by Gasteiger charge is 2.59. The summed E-state index contributed by atoms with van der Waals surface area (Å²) in [6.07, 6.45) is 0.228. The SMILES string of the molecule is COC(=O)C1(C(=O)OC)Cc2ccccc2N(C)[C@@H]1c1ccccc1C. The van der Waals surface area contributed by atoms with Gasteiger partial charge in [-0.25, -0.2) is 0 Å². The van der Waals surface area contributed by atoms with Crippen LogP contribution in [0.25, 0.3) is 0 Å². The normalized spacial score (nSPS) is 18.0. The Morgan fingerprint density at radius 3 is 2.19 bits per heavy atom. The lowest BCUT2D eigenvalue weighted by Crippen LogP contribution is -2.55. The summed E-state index contributed by atoms with van der Waals surface area (Å²) in [5.74, 6) is -1.17. The second-order valence-electron chi connectivity index (χ2n) is 6.63. The highest BCUT2D eigenvalue weighted by molar-refractivity contribution is 6.03. The van der Waals surface area contributed by atoms with E-state index in [0.29, 0.717) is 0 Å². The quantitative estimate of drug-likeness (QED) is 0.627. The van der Waals surface area contributed by atoms with E-state index in [0.717, 1.165) is 22.4 Å². The molecule has 0 fully saturated rings. The molecule has 1 aliphatic rings. The minimum absolute atomic E-state index is 0.228. The van der Waals surface area contributed by atoms with Crippen LogP contribution in [0, 0.1) is 12.3 Å². The van der Waals surface area contributed by atoms with E-state index in [1.54, 1.807) is 0 Å². The molecule has 0 aliphatic carbocycles. The second kappa shape index (κ2) is 6.83. The van der Waals surface area contributed by atoms with Crippen molar-refractivity contribution in [3.05, 3.63) is 65.2 Å². The Bertz CT molecular complexity index is 829. The molecule has 0 radical (unpaired) electrons. The first kappa shape index (κ1) is 18.0. The van der Waals surface area contributed by atoms with E-state index >= 15 is 0 Å². The Labute approximate surface area is 153 Å². The van der Waals surface area contributed by atoms with E-state index in [-0.39, 0.29) is 6.42 Å². The van der Waals surface area contributed by atoms with Gasteiger partial charge in [0.15, 0.2) is 5.41 Å². The number of benzene rings is 2. The molecule has 0 amide bonds. The van der Waals surface area contributed by atoms with Gasteiger partial charge in [-0.2, -0.15) is 0 Å². The Balaban J connectivity index is 2.32. The van der Waals surface area contributed by atoms with Crippen molar-refractivity contribution in [3.63, 3.8) is 0 Å². The minimum atomic E-state index is -1.47. The van der Waals surface area contributed by atoms with Crippen LogP contribution in [-0.2, 0) is 25.5 Å². The predicted octanol–water partition coefficient (Wildman–Crippen LogP) is 3.06. The van der Waals surface area contributed by atoms with E-state index in [1.807, 2.05) is 67.4 Å². The maximum atomic E-state index is 13.0. The van der Waals surface area contributed by atoms with Gasteiger partial charge in [-0.15, -0.1) is 0 Å². The average molecular weight is 353 g/mol. The standard InChI is InChI=1S/C21H23NO4/c1-14-9-5-7-11-16(14)18-21(19(23)25-3,20(24)26-4)13-15-10-6-8-12-17(15)22(18)2/h5-12,18H,13H2,1-4H3/t18-/m1/s1. The largest absolute Gasteiger partial charge is 0.468 e. The molecule has 136 valence electrons. The van der Waals surface area contributed by atoms with Crippen molar-refractivity contribution in [3.8, 4) is 0 Å². The summed E-state index contributed by atoms with van der Waals surface area (Å²) in [6.45, 7) is 1.98. The molecule has 0 spiro atoms. The van der Waals surface area contributed by atoms with Gasteiger partial charge in [-0.3, -0.25) is 9.59 Å². The first-order valence-corrected chi connectivity index (χ1v) is 8.50. The van der Waals surface area contributed by atoms with Crippen LogP contribution in [0.2, 0.25) is 0 Å². The summed E-state index contributed by atoms with van der Waals surface area (Å²) in [5.41, 5.74) is 2.33. The average Bonchev–Trinajstić information content (AvgIpc) is 2.67. The number of carbonyl (C=O) groups excluding carboxylic acids is 2. The number of carbonyl (C=O) groups is 2. The van der Waals surface area contributed by atoms with Gasteiger partial charge in [0, 0.05) is 19.2 Å². The van der Waals surface area contributed by atoms with Crippen LogP contribution in [-0.4, -0.2) is 33.2 Å². The third kappa shape index (κ3) is 2.55. The summed E-state index contributed by atoms with van der Waals surface area (Å²) in [6, 6.07) is 15.0. The molecule has 0 saturated carbocycles. The number of ether oxygens (including phenoxy) is 2. The van der Waals surface area contributed by atoms with Crippen molar-refractivity contribution in [2.45, 2.75) is 19.4 Å². The maximum absolute atomic E-state index is 13.0. The molecular weight excluding hydrogens is 330 g/mol. The summed E-state index contributed by atoms with van der Waals surface area (Å²) in [7, 11) is 4.51. The third-order valence-corrected chi connectivity index (χ3v) is 5.28. The number of hydrogen-bond donors (Lipinski definition) is 0. The van der Waals surface area contributed by atoms with Gasteiger partial charge in [0.2, 0.25) is 0 Å². The number of esters is 2. The van der Waals surface area contributed by atoms with E-state index in [9.17, 15) is 9.59 Å². The highest BCUT2D eigenvalue weighted by atomic mass is 16.5. The summed E-state index contributed by atoms with van der Waals surface area (Å²) < 4.78 is 10.2. The molecule has 1 aliphatic heterocycles. The van der Waals surface area contributed by atoms with Crippen LogP contribution in [0.3, 0.4) is 0 Å². The molecule has 0 N–H and O–H groups in total. The number of rotatable bonds is 3. The molecule has 2 aromatic carbocycles. The summed E-state index contributed by atoms with van der Waals surface area (Å²) in [4.78, 5) is 28.0. The summed E-state index contributed by atoms with van der Waals surface area (Å²) >= 11 is 0. The lowest BCUT2D eigenvalue weighted by Gasteiger charge is -2.47. The zero-order valence-electron chi connectivity index (χ0n) is 15.5. The van der Waals surface area contributed by atoms with Gasteiger partial charge in [0.05, 0.1) is 20.3 Å². The number of anilines is 1. The second-order valence-corrected chi connectivity index (χ2v) is 6.63. The van der Waals surface area contributed by atoms with Gasteiger partial charge in [0.1, 0.15) is 0 Å². The van der Waals surface area contributed by atoms with Crippen LogP contribution in [0.5, 0.6) is 0 Å². The van der Waals surface area contributed by atoms with Gasteiger partial charge in [0.25, 0.3) is 0 Å². The van der Waals surface area contributed by atoms with Gasteiger partial charge < -0.3 is 14.4 Å². The Hall–Kier alpha value is -2.82. The molecule has 1 heterocycles. The third-order valence-electron chi connectivity index (χ3n) is 5.28. The van der Waals surface area contributed by atoms with Gasteiger partial charge >= 0.3 is 11.9 Å². The van der Waals surface area contributed by atoms with Crippen LogP contribution < -0.4 is 4.90 Å². The van der Waals surface area contributed by atoms with Crippen molar-refractivity contribution in [1.82, 2.24) is 0 Å². The first-order valence-electron chi connectivity index (χ1n) is 8.50.